The number of halogens is 1. The van der Waals surface area contributed by atoms with Crippen molar-refractivity contribution in [3.63, 3.8) is 0 Å². The molecule has 0 saturated carbocycles. The van der Waals surface area contributed by atoms with Gasteiger partial charge in [0.15, 0.2) is 0 Å². The summed E-state index contributed by atoms with van der Waals surface area (Å²) >= 11 is 1.21. The number of carbonyl (C=O) groups excluding carboxylic acids is 1. The number of aliphatic hydroxyl groups is 1. The van der Waals surface area contributed by atoms with Crippen molar-refractivity contribution < 1.29 is 32.3 Å². The van der Waals surface area contributed by atoms with Gasteiger partial charge in [0.25, 0.3) is 0 Å². The number of fused-ring (bicyclic) bond motifs is 1. The summed E-state index contributed by atoms with van der Waals surface area (Å²) in [6.07, 6.45) is -0.223. The first-order valence-electron chi connectivity index (χ1n) is 11.4. The first-order chi connectivity index (χ1) is 17.7. The average molecular weight is 548 g/mol. The Labute approximate surface area is 218 Å². The lowest BCUT2D eigenvalue weighted by Gasteiger charge is -2.22. The van der Waals surface area contributed by atoms with E-state index in [9.17, 15) is 22.7 Å². The number of nitrogens with one attached hydrogen (secondary N) is 1. The molecular formula is C25H26FN3O6S2. The quantitative estimate of drug-likeness (QED) is 0.316. The highest BCUT2D eigenvalue weighted by Gasteiger charge is 2.31. The Hall–Kier alpha value is -3.32. The van der Waals surface area contributed by atoms with E-state index in [0.29, 0.717) is 52.4 Å². The normalized spacial score (nSPS) is 15.3. The number of carbonyl (C=O) groups is 1. The van der Waals surface area contributed by atoms with Crippen LogP contribution < -0.4 is 10.1 Å². The Balaban J connectivity index is 1.47. The van der Waals surface area contributed by atoms with Gasteiger partial charge in [-0.05, 0) is 54.7 Å². The molecule has 0 aliphatic heterocycles. The molecule has 1 amide bonds. The van der Waals surface area contributed by atoms with Crippen LogP contribution in [0.1, 0.15) is 34.9 Å². The standard InChI is InChI=1S/C25H26FN3O6S2/c1-29(14-22(30)16-9-11-17(26)12-10-16)37(32,33)23-15-36-24-20(23)7-4-8-21(24)28-35-25(31)27-18-5-3-6-19(13-18)34-2/h3,5-6,9-13,15,22,30H,4,7-8,14H2,1-2H3,(H,27,31). The number of ether oxygens (including phenoxy) is 1. The lowest BCUT2D eigenvalue weighted by atomic mass is 9.98. The molecule has 0 bridgehead atoms. The van der Waals surface area contributed by atoms with Gasteiger partial charge in [-0.25, -0.2) is 17.6 Å². The van der Waals surface area contributed by atoms with Gasteiger partial charge in [0.05, 0.1) is 28.7 Å². The number of anilines is 1. The molecule has 0 radical (unpaired) electrons. The summed E-state index contributed by atoms with van der Waals surface area (Å²) in [6.45, 7) is -0.201. The molecule has 0 fully saturated rings. The van der Waals surface area contributed by atoms with E-state index >= 15 is 0 Å². The molecule has 1 aliphatic carbocycles. The maximum absolute atomic E-state index is 13.3. The zero-order valence-electron chi connectivity index (χ0n) is 20.2. The number of aliphatic hydroxyl groups excluding tert-OH is 1. The third-order valence-corrected chi connectivity index (χ3v) is 9.00. The van der Waals surface area contributed by atoms with Gasteiger partial charge in [-0.15, -0.1) is 11.3 Å². The number of amides is 1. The van der Waals surface area contributed by atoms with E-state index in [0.717, 1.165) is 4.31 Å². The minimum Gasteiger partial charge on any atom is -0.497 e. The van der Waals surface area contributed by atoms with Crippen molar-refractivity contribution in [2.75, 3.05) is 26.0 Å². The van der Waals surface area contributed by atoms with Crippen LogP contribution in [0.4, 0.5) is 14.9 Å². The molecule has 0 spiro atoms. The van der Waals surface area contributed by atoms with Crippen molar-refractivity contribution in [2.45, 2.75) is 30.3 Å². The van der Waals surface area contributed by atoms with Crippen LogP contribution in [0.2, 0.25) is 0 Å². The zero-order valence-corrected chi connectivity index (χ0v) is 21.8. The van der Waals surface area contributed by atoms with Crippen molar-refractivity contribution in [1.82, 2.24) is 4.31 Å². The van der Waals surface area contributed by atoms with Crippen molar-refractivity contribution in [2.24, 2.45) is 5.16 Å². The van der Waals surface area contributed by atoms with Crippen LogP contribution in [0, 0.1) is 5.82 Å². The minimum absolute atomic E-state index is 0.134. The molecule has 1 atom stereocenters. The first-order valence-corrected chi connectivity index (χ1v) is 13.7. The molecule has 196 valence electrons. The van der Waals surface area contributed by atoms with Crippen LogP contribution >= 0.6 is 11.3 Å². The number of thiophene rings is 1. The molecule has 1 aliphatic rings. The van der Waals surface area contributed by atoms with Crippen LogP contribution in [0.3, 0.4) is 0 Å². The molecule has 12 heteroatoms. The fourth-order valence-corrected chi connectivity index (χ4v) is 6.81. The van der Waals surface area contributed by atoms with E-state index < -0.39 is 28.0 Å². The van der Waals surface area contributed by atoms with E-state index in [4.69, 9.17) is 9.57 Å². The number of sulfonamides is 1. The highest BCUT2D eigenvalue weighted by Crippen LogP contribution is 2.35. The molecule has 1 heterocycles. The summed E-state index contributed by atoms with van der Waals surface area (Å²) in [6, 6.07) is 12.0. The van der Waals surface area contributed by atoms with Crippen LogP contribution in [-0.2, 0) is 21.3 Å². The zero-order chi connectivity index (χ0) is 26.6. The number of hydrogen-bond acceptors (Lipinski definition) is 8. The fourth-order valence-electron chi connectivity index (χ4n) is 3.93. The van der Waals surface area contributed by atoms with Gasteiger partial charge in [-0.1, -0.05) is 23.4 Å². The van der Waals surface area contributed by atoms with E-state index in [1.807, 2.05) is 0 Å². The number of hydrogen-bond donors (Lipinski definition) is 2. The molecular weight excluding hydrogens is 521 g/mol. The molecule has 2 N–H and O–H groups in total. The summed E-state index contributed by atoms with van der Waals surface area (Å²) in [7, 11) is -1.02. The second-order valence-corrected chi connectivity index (χ2v) is 11.3. The number of benzene rings is 2. The highest BCUT2D eigenvalue weighted by molar-refractivity contribution is 7.89. The molecule has 0 saturated heterocycles. The number of nitrogens with zero attached hydrogens (tertiary/aromatic N) is 2. The Morgan fingerprint density at radius 3 is 2.73 bits per heavy atom. The third kappa shape index (κ3) is 6.16. The highest BCUT2D eigenvalue weighted by atomic mass is 32.2. The Kier molecular flexibility index (Phi) is 8.22. The van der Waals surface area contributed by atoms with Gasteiger partial charge < -0.3 is 9.84 Å². The fraction of sp³-hybridized carbons (Fsp3) is 0.280. The smallest absolute Gasteiger partial charge is 0.437 e. The lowest BCUT2D eigenvalue weighted by Crippen LogP contribution is -2.31. The summed E-state index contributed by atoms with van der Waals surface area (Å²) in [5.41, 5.74) is 1.98. The average Bonchev–Trinajstić information content (AvgIpc) is 3.33. The van der Waals surface area contributed by atoms with Gasteiger partial charge in [-0.2, -0.15) is 4.31 Å². The number of oxime groups is 1. The topological polar surface area (TPSA) is 118 Å². The minimum atomic E-state index is -3.93. The summed E-state index contributed by atoms with van der Waals surface area (Å²) < 4.78 is 46.0. The second-order valence-electron chi connectivity index (χ2n) is 8.39. The molecule has 2 aromatic carbocycles. The van der Waals surface area contributed by atoms with Gasteiger partial charge in [0.2, 0.25) is 10.0 Å². The first kappa shape index (κ1) is 26.7. The Morgan fingerprint density at radius 2 is 2.00 bits per heavy atom. The largest absolute Gasteiger partial charge is 0.497 e. The van der Waals surface area contributed by atoms with E-state index in [2.05, 4.69) is 10.5 Å². The predicted molar refractivity (Wildman–Crippen MR) is 138 cm³/mol. The van der Waals surface area contributed by atoms with E-state index in [1.54, 1.807) is 24.3 Å². The SMILES string of the molecule is COc1cccc(NC(=O)ON=C2CCCc3c(S(=O)(=O)N(C)CC(O)c4ccc(F)cc4)csc32)c1. The predicted octanol–water partition coefficient (Wildman–Crippen LogP) is 4.54. The Morgan fingerprint density at radius 1 is 1.24 bits per heavy atom. The summed E-state index contributed by atoms with van der Waals surface area (Å²) in [4.78, 5) is 18.1. The molecule has 37 heavy (non-hydrogen) atoms. The van der Waals surface area contributed by atoms with Crippen molar-refractivity contribution in [3.8, 4) is 5.75 Å². The third-order valence-electron chi connectivity index (χ3n) is 5.89. The van der Waals surface area contributed by atoms with Crippen LogP contribution in [0.25, 0.3) is 0 Å². The van der Waals surface area contributed by atoms with Gasteiger partial charge in [0, 0.05) is 30.7 Å². The monoisotopic (exact) mass is 547 g/mol. The molecule has 1 aromatic heterocycles. The number of rotatable bonds is 8. The number of methoxy groups -OCH3 is 1. The van der Waals surface area contributed by atoms with Crippen molar-refractivity contribution in [1.29, 1.82) is 0 Å². The van der Waals surface area contributed by atoms with Crippen LogP contribution in [0.15, 0.2) is 64.0 Å². The maximum atomic E-state index is 13.3. The molecule has 1 unspecified atom stereocenters. The molecule has 3 aromatic rings. The second kappa shape index (κ2) is 11.4. The van der Waals surface area contributed by atoms with Gasteiger partial charge in [-0.3, -0.25) is 10.2 Å². The molecule has 9 nitrogen and oxygen atoms in total. The lowest BCUT2D eigenvalue weighted by molar-refractivity contribution is 0.155. The van der Waals surface area contributed by atoms with Gasteiger partial charge in [0.1, 0.15) is 11.6 Å². The van der Waals surface area contributed by atoms with Crippen molar-refractivity contribution in [3.05, 3.63) is 75.7 Å². The van der Waals surface area contributed by atoms with Crippen molar-refractivity contribution >= 4 is 38.9 Å². The van der Waals surface area contributed by atoms with Gasteiger partial charge >= 0.3 is 6.09 Å². The molecule has 4 rings (SSSR count). The van der Waals surface area contributed by atoms with Crippen LogP contribution in [-0.4, -0.2) is 50.3 Å². The van der Waals surface area contributed by atoms with E-state index in [-0.39, 0.29) is 11.4 Å². The summed E-state index contributed by atoms with van der Waals surface area (Å²) in [5, 5.41) is 18.6. The number of likely N-dealkylation sites (N-methyl/N-ethyl adjacent to an activating group) is 1. The van der Waals surface area contributed by atoms with Crippen LogP contribution in [0.5, 0.6) is 5.75 Å². The van der Waals surface area contributed by atoms with E-state index in [1.165, 1.54) is 55.1 Å². The summed E-state index contributed by atoms with van der Waals surface area (Å²) in [5.74, 6) is 0.129. The maximum Gasteiger partial charge on any atom is 0.437 e. The Bertz CT molecular complexity index is 1410.